The Labute approximate surface area is 176 Å². The van der Waals surface area contributed by atoms with Crippen molar-refractivity contribution in [1.29, 1.82) is 0 Å². The normalized spacial score (nSPS) is 12.5. The molecule has 4 aromatic carbocycles. The molecule has 3 heteroatoms. The summed E-state index contributed by atoms with van der Waals surface area (Å²) in [4.78, 5) is 7.14. The molecule has 0 aliphatic carbocycles. The Hall–Kier alpha value is -3.85. The van der Waals surface area contributed by atoms with Gasteiger partial charge in [-0.2, -0.15) is 0 Å². The van der Waals surface area contributed by atoms with Crippen molar-refractivity contribution >= 4 is 51.1 Å². The lowest BCUT2D eigenvalue weighted by molar-refractivity contribution is 1.29. The third-order valence-corrected chi connectivity index (χ3v) is 5.97. The first kappa shape index (κ1) is 17.1. The van der Waals surface area contributed by atoms with Crippen LogP contribution in [0.2, 0.25) is 0 Å². The second kappa shape index (κ2) is 6.89. The number of rotatable bonds is 2. The second-order valence-electron chi connectivity index (χ2n) is 7.64. The van der Waals surface area contributed by atoms with Crippen molar-refractivity contribution in [3.8, 4) is 0 Å². The maximum atomic E-state index is 4.77. The minimum absolute atomic E-state index is 0.135. The third kappa shape index (κ3) is 2.56. The zero-order chi connectivity index (χ0) is 19.9. The molecular formula is C27H19BN2. The summed E-state index contributed by atoms with van der Waals surface area (Å²) in [6, 6.07) is 38.8. The first-order valence-electron chi connectivity index (χ1n) is 10.3. The first-order chi connectivity index (χ1) is 14.9. The fourth-order valence-electron chi connectivity index (χ4n) is 4.72. The van der Waals surface area contributed by atoms with Gasteiger partial charge >= 0.3 is 0 Å². The van der Waals surface area contributed by atoms with Crippen LogP contribution in [0.3, 0.4) is 0 Å². The van der Waals surface area contributed by atoms with E-state index < -0.39 is 0 Å². The van der Waals surface area contributed by atoms with Gasteiger partial charge in [-0.3, -0.25) is 4.98 Å². The predicted octanol–water partition coefficient (Wildman–Crippen LogP) is 4.53. The van der Waals surface area contributed by atoms with E-state index >= 15 is 0 Å². The van der Waals surface area contributed by atoms with E-state index in [1.807, 2.05) is 12.3 Å². The highest BCUT2D eigenvalue weighted by Crippen LogP contribution is 2.35. The fourth-order valence-corrected chi connectivity index (χ4v) is 4.72. The number of aromatic nitrogens is 1. The van der Waals surface area contributed by atoms with Crippen molar-refractivity contribution in [2.75, 3.05) is 4.90 Å². The summed E-state index contributed by atoms with van der Waals surface area (Å²) in [6.07, 6.45) is 1.89. The predicted molar refractivity (Wildman–Crippen MR) is 128 cm³/mol. The van der Waals surface area contributed by atoms with E-state index in [-0.39, 0.29) is 6.71 Å². The maximum absolute atomic E-state index is 4.77. The Balaban J connectivity index is 1.67. The van der Waals surface area contributed by atoms with Crippen LogP contribution in [0.5, 0.6) is 0 Å². The van der Waals surface area contributed by atoms with E-state index in [2.05, 4.69) is 108 Å². The smallest absolute Gasteiger partial charge is 0.249 e. The molecule has 0 atom stereocenters. The van der Waals surface area contributed by atoms with Crippen LogP contribution < -0.4 is 21.3 Å². The molecule has 0 fully saturated rings. The van der Waals surface area contributed by atoms with Crippen LogP contribution >= 0.6 is 0 Å². The van der Waals surface area contributed by atoms with Crippen LogP contribution in [0.25, 0.3) is 10.9 Å². The second-order valence-corrected chi connectivity index (χ2v) is 7.64. The van der Waals surface area contributed by atoms with Crippen molar-refractivity contribution in [3.05, 3.63) is 115 Å². The standard InChI is InChI=1S/C27H19BN2/c1-2-12-21(13-3-1)30-25-17-6-4-14-22(25)28(23-15-5-7-18-26(23)30)24-16-8-10-20-11-9-19-29-27(20)24/h1-19H. The molecule has 1 aliphatic rings. The Bertz CT molecular complexity index is 1310. The zero-order valence-corrected chi connectivity index (χ0v) is 16.4. The Morgan fingerprint density at radius 1 is 0.533 bits per heavy atom. The van der Waals surface area contributed by atoms with Crippen molar-refractivity contribution < 1.29 is 0 Å². The van der Waals surface area contributed by atoms with Gasteiger partial charge in [-0.1, -0.05) is 78.9 Å². The molecular weight excluding hydrogens is 363 g/mol. The molecule has 0 N–H and O–H groups in total. The number of anilines is 3. The van der Waals surface area contributed by atoms with E-state index in [0.29, 0.717) is 0 Å². The van der Waals surface area contributed by atoms with Gasteiger partial charge in [0.25, 0.3) is 0 Å². The molecule has 0 bridgehead atoms. The molecule has 6 rings (SSSR count). The molecule has 1 aromatic heterocycles. The van der Waals surface area contributed by atoms with Crippen molar-refractivity contribution in [3.63, 3.8) is 0 Å². The van der Waals surface area contributed by atoms with Gasteiger partial charge in [0.2, 0.25) is 6.71 Å². The highest BCUT2D eigenvalue weighted by molar-refractivity contribution is 6.99. The Kier molecular flexibility index (Phi) is 3.92. The third-order valence-electron chi connectivity index (χ3n) is 5.97. The molecule has 0 radical (unpaired) electrons. The molecule has 30 heavy (non-hydrogen) atoms. The summed E-state index contributed by atoms with van der Waals surface area (Å²) < 4.78 is 0. The summed E-state index contributed by atoms with van der Waals surface area (Å²) in [5.74, 6) is 0. The topological polar surface area (TPSA) is 16.1 Å². The van der Waals surface area contributed by atoms with E-state index in [9.17, 15) is 0 Å². The van der Waals surface area contributed by atoms with Gasteiger partial charge in [-0.05, 0) is 52.1 Å². The number of benzene rings is 4. The number of hydrogen-bond donors (Lipinski definition) is 0. The maximum Gasteiger partial charge on any atom is 0.249 e. The van der Waals surface area contributed by atoms with Crippen LogP contribution in [0, 0.1) is 0 Å². The van der Waals surface area contributed by atoms with Gasteiger partial charge in [0.1, 0.15) is 0 Å². The average molecular weight is 382 g/mol. The van der Waals surface area contributed by atoms with Crippen molar-refractivity contribution in [1.82, 2.24) is 4.98 Å². The SMILES string of the molecule is c1ccc(N2c3ccccc3B(c3cccc4cccnc34)c3ccccc32)cc1. The average Bonchev–Trinajstić information content (AvgIpc) is 2.83. The van der Waals surface area contributed by atoms with Crippen LogP contribution in [0.4, 0.5) is 17.1 Å². The van der Waals surface area contributed by atoms with Gasteiger partial charge < -0.3 is 4.90 Å². The molecule has 0 spiro atoms. The van der Waals surface area contributed by atoms with E-state index in [4.69, 9.17) is 4.98 Å². The fraction of sp³-hybridized carbons (Fsp3) is 0. The van der Waals surface area contributed by atoms with Crippen molar-refractivity contribution in [2.45, 2.75) is 0 Å². The number of pyridine rings is 1. The number of fused-ring (bicyclic) bond motifs is 3. The van der Waals surface area contributed by atoms with Gasteiger partial charge in [-0.25, -0.2) is 0 Å². The van der Waals surface area contributed by atoms with Gasteiger partial charge in [0, 0.05) is 23.3 Å². The number of hydrogen-bond acceptors (Lipinski definition) is 2. The largest absolute Gasteiger partial charge is 0.312 e. The monoisotopic (exact) mass is 382 g/mol. The summed E-state index contributed by atoms with van der Waals surface area (Å²) in [7, 11) is 0. The Morgan fingerprint density at radius 2 is 1.13 bits per heavy atom. The lowest BCUT2D eigenvalue weighted by Gasteiger charge is -2.37. The quantitative estimate of drug-likeness (QED) is 0.409. The molecule has 0 unspecified atom stereocenters. The summed E-state index contributed by atoms with van der Waals surface area (Å²) in [5.41, 5.74) is 8.55. The molecule has 0 saturated heterocycles. The Morgan fingerprint density at radius 3 is 1.87 bits per heavy atom. The highest BCUT2D eigenvalue weighted by Gasteiger charge is 2.35. The molecule has 5 aromatic rings. The lowest BCUT2D eigenvalue weighted by Crippen LogP contribution is -2.57. The molecule has 0 saturated carbocycles. The van der Waals surface area contributed by atoms with Gasteiger partial charge in [0.15, 0.2) is 0 Å². The van der Waals surface area contributed by atoms with Crippen LogP contribution in [-0.2, 0) is 0 Å². The molecule has 0 amide bonds. The van der Waals surface area contributed by atoms with Gasteiger partial charge in [0.05, 0.1) is 5.52 Å². The van der Waals surface area contributed by atoms with Crippen LogP contribution in [-0.4, -0.2) is 11.7 Å². The van der Waals surface area contributed by atoms with E-state index in [0.717, 1.165) is 5.52 Å². The van der Waals surface area contributed by atoms with E-state index in [1.165, 1.54) is 38.8 Å². The minimum atomic E-state index is 0.135. The summed E-state index contributed by atoms with van der Waals surface area (Å²) >= 11 is 0. The van der Waals surface area contributed by atoms with Crippen LogP contribution in [0.1, 0.15) is 0 Å². The van der Waals surface area contributed by atoms with Gasteiger partial charge in [-0.15, -0.1) is 0 Å². The number of nitrogens with zero attached hydrogens (tertiary/aromatic N) is 2. The van der Waals surface area contributed by atoms with E-state index in [1.54, 1.807) is 0 Å². The zero-order valence-electron chi connectivity index (χ0n) is 16.4. The molecule has 2 nitrogen and oxygen atoms in total. The van der Waals surface area contributed by atoms with Crippen LogP contribution in [0.15, 0.2) is 115 Å². The molecule has 1 aliphatic heterocycles. The molecule has 2 heterocycles. The number of para-hydroxylation sites is 4. The summed E-state index contributed by atoms with van der Waals surface area (Å²) in [5, 5.41) is 1.18. The lowest BCUT2D eigenvalue weighted by atomic mass is 9.35. The minimum Gasteiger partial charge on any atom is -0.312 e. The summed E-state index contributed by atoms with van der Waals surface area (Å²) in [6.45, 7) is 0.135. The first-order valence-corrected chi connectivity index (χ1v) is 10.3. The highest BCUT2D eigenvalue weighted by atomic mass is 15.1. The molecule has 140 valence electrons. The van der Waals surface area contributed by atoms with Crippen molar-refractivity contribution in [2.24, 2.45) is 0 Å².